The number of benzene rings is 7. The molecular weight excluding hydrogens is 882 g/mol. The molecule has 0 bridgehead atoms. The quantitative estimate of drug-likeness (QED) is 0.163. The third-order valence-corrected chi connectivity index (χ3v) is 18.9. The average Bonchev–Trinajstić information content (AvgIpc) is 3.59. The molecule has 5 aliphatic rings. The minimum Gasteiger partial charge on any atom is -0.334 e. The van der Waals surface area contributed by atoms with Crippen molar-refractivity contribution in [1.82, 2.24) is 0 Å². The van der Waals surface area contributed by atoms with E-state index in [0.717, 1.165) is 12.8 Å². The standard InChI is InChI=1S/C69H78BN3/c1-63(2,3)45-26-28-47(29-27-45)69-37-21-20-36-68(69,14)73(57-25-19-18-24-52(57)69)51-41-60-62-61(42-51)72(49-22-16-15-17-23-49)59-44-54-53(66(10,11)38-39-67(54,12)13)43-56(59)70(62)55-40-48(65(7,8)9)32-35-58(55)71(60)50-33-30-46(31-34-50)64(4,5)6/h15-19,22-35,40-44H,20-21,36-39H2,1-14H3. The van der Waals surface area contributed by atoms with E-state index < -0.39 is 0 Å². The van der Waals surface area contributed by atoms with Gasteiger partial charge >= 0.3 is 0 Å². The number of hydrogen-bond donors (Lipinski definition) is 0. The normalized spacial score (nSPS) is 21.5. The molecule has 3 nitrogen and oxygen atoms in total. The van der Waals surface area contributed by atoms with Gasteiger partial charge in [0.2, 0.25) is 0 Å². The van der Waals surface area contributed by atoms with Crippen molar-refractivity contribution in [1.29, 1.82) is 0 Å². The van der Waals surface area contributed by atoms with Crippen molar-refractivity contribution in [2.45, 2.75) is 173 Å². The van der Waals surface area contributed by atoms with Crippen molar-refractivity contribution in [2.24, 2.45) is 0 Å². The molecule has 2 unspecified atom stereocenters. The third kappa shape index (κ3) is 7.11. The Hall–Kier alpha value is -6.00. The average molecular weight is 960 g/mol. The second kappa shape index (κ2) is 16.0. The first-order valence-electron chi connectivity index (χ1n) is 27.7. The third-order valence-electron chi connectivity index (χ3n) is 18.9. The molecule has 0 N–H and O–H groups in total. The van der Waals surface area contributed by atoms with E-state index in [0.29, 0.717) is 0 Å². The van der Waals surface area contributed by atoms with Crippen LogP contribution in [-0.2, 0) is 32.5 Å². The van der Waals surface area contributed by atoms with E-state index in [1.165, 1.54) is 127 Å². The van der Waals surface area contributed by atoms with Crippen LogP contribution in [0.15, 0.2) is 146 Å². The topological polar surface area (TPSA) is 9.72 Å². The zero-order valence-electron chi connectivity index (χ0n) is 46.5. The summed E-state index contributed by atoms with van der Waals surface area (Å²) in [7, 11) is 0. The summed E-state index contributed by atoms with van der Waals surface area (Å²) in [5, 5.41) is 0. The SMILES string of the molecule is CC(C)(C)c1ccc(N2c3ccc(C(C)(C)C)cc3B3c4cc5c(cc4N(c4ccccc4)c4cc(N6c7ccccc7C7(c8ccc(C(C)(C)C)cc8)CCCCC67C)cc2c43)C(C)(C)CCC5(C)C)cc1. The van der Waals surface area contributed by atoms with E-state index in [1.807, 2.05) is 0 Å². The summed E-state index contributed by atoms with van der Waals surface area (Å²) in [6.07, 6.45) is 6.95. The predicted molar refractivity (Wildman–Crippen MR) is 315 cm³/mol. The lowest BCUT2D eigenvalue weighted by molar-refractivity contribution is 0.215. The van der Waals surface area contributed by atoms with Gasteiger partial charge in [0.25, 0.3) is 6.71 Å². The molecule has 12 rings (SSSR count). The van der Waals surface area contributed by atoms with Crippen LogP contribution >= 0.6 is 0 Å². The fourth-order valence-corrected chi connectivity index (χ4v) is 14.5. The lowest BCUT2D eigenvalue weighted by atomic mass is 9.33. The number of anilines is 8. The molecule has 0 amide bonds. The fraction of sp³-hybridized carbons (Fsp3) is 0.391. The predicted octanol–water partition coefficient (Wildman–Crippen LogP) is 16.8. The minimum absolute atomic E-state index is 0.0131. The first-order valence-corrected chi connectivity index (χ1v) is 27.7. The minimum atomic E-state index is -0.245. The van der Waals surface area contributed by atoms with Gasteiger partial charge in [-0.15, -0.1) is 0 Å². The maximum Gasteiger partial charge on any atom is 0.252 e. The van der Waals surface area contributed by atoms with Crippen LogP contribution in [0.3, 0.4) is 0 Å². The zero-order chi connectivity index (χ0) is 51.4. The summed E-state index contributed by atoms with van der Waals surface area (Å²) in [6, 6.07) is 58.3. The number of nitrogens with zero attached hydrogens (tertiary/aromatic N) is 3. The molecule has 1 saturated carbocycles. The summed E-state index contributed by atoms with van der Waals surface area (Å²) >= 11 is 0. The molecule has 0 saturated heterocycles. The first-order chi connectivity index (χ1) is 34.4. The van der Waals surface area contributed by atoms with Gasteiger partial charge in [0.1, 0.15) is 0 Å². The Morgan fingerprint density at radius 2 is 0.904 bits per heavy atom. The molecule has 0 aromatic heterocycles. The van der Waals surface area contributed by atoms with Crippen LogP contribution in [-0.4, -0.2) is 12.3 Å². The lowest BCUT2D eigenvalue weighted by Crippen LogP contribution is -2.62. The molecule has 2 atom stereocenters. The van der Waals surface area contributed by atoms with Gasteiger partial charge in [0.15, 0.2) is 0 Å². The Labute approximate surface area is 439 Å². The fourth-order valence-electron chi connectivity index (χ4n) is 14.5. The van der Waals surface area contributed by atoms with Crippen molar-refractivity contribution in [3.63, 3.8) is 0 Å². The van der Waals surface area contributed by atoms with Crippen molar-refractivity contribution < 1.29 is 0 Å². The van der Waals surface area contributed by atoms with Gasteiger partial charge in [-0.3, -0.25) is 0 Å². The van der Waals surface area contributed by atoms with E-state index in [4.69, 9.17) is 0 Å². The second-order valence-electron chi connectivity index (χ2n) is 27.4. The van der Waals surface area contributed by atoms with Gasteiger partial charge in [-0.1, -0.05) is 194 Å². The van der Waals surface area contributed by atoms with E-state index in [1.54, 1.807) is 0 Å². The van der Waals surface area contributed by atoms with Crippen LogP contribution in [0.2, 0.25) is 0 Å². The highest BCUT2D eigenvalue weighted by atomic mass is 15.3. The molecule has 2 aliphatic carbocycles. The number of hydrogen-bond acceptors (Lipinski definition) is 3. The van der Waals surface area contributed by atoms with Crippen LogP contribution in [0.25, 0.3) is 0 Å². The van der Waals surface area contributed by atoms with Crippen LogP contribution < -0.4 is 31.1 Å². The molecular formula is C69H78BN3. The molecule has 3 heterocycles. The Morgan fingerprint density at radius 3 is 1.52 bits per heavy atom. The van der Waals surface area contributed by atoms with Gasteiger partial charge in [-0.2, -0.15) is 0 Å². The van der Waals surface area contributed by atoms with Gasteiger partial charge in [0, 0.05) is 50.9 Å². The molecule has 0 spiro atoms. The van der Waals surface area contributed by atoms with E-state index in [9.17, 15) is 0 Å². The number of rotatable bonds is 4. The summed E-state index contributed by atoms with van der Waals surface area (Å²) in [6.45, 7) is 33.7. The molecule has 372 valence electrons. The second-order valence-corrected chi connectivity index (χ2v) is 27.4. The summed E-state index contributed by atoms with van der Waals surface area (Å²) in [5.41, 5.74) is 24.0. The lowest BCUT2D eigenvalue weighted by Gasteiger charge is -2.53. The van der Waals surface area contributed by atoms with Crippen LogP contribution in [0, 0.1) is 0 Å². The maximum absolute atomic E-state index is 2.83. The summed E-state index contributed by atoms with van der Waals surface area (Å²) < 4.78 is 0. The Balaban J connectivity index is 1.20. The number of fused-ring (bicyclic) bond motifs is 8. The van der Waals surface area contributed by atoms with Gasteiger partial charge < -0.3 is 14.7 Å². The van der Waals surface area contributed by atoms with Gasteiger partial charge in [0.05, 0.1) is 5.54 Å². The van der Waals surface area contributed by atoms with Crippen molar-refractivity contribution in [3.05, 3.63) is 185 Å². The largest absolute Gasteiger partial charge is 0.334 e. The van der Waals surface area contributed by atoms with E-state index in [-0.39, 0.29) is 44.7 Å². The van der Waals surface area contributed by atoms with Gasteiger partial charge in [-0.05, 0) is 170 Å². The zero-order valence-corrected chi connectivity index (χ0v) is 46.5. The molecule has 4 heteroatoms. The highest BCUT2D eigenvalue weighted by Crippen LogP contribution is 2.64. The smallest absolute Gasteiger partial charge is 0.252 e. The maximum atomic E-state index is 2.83. The highest BCUT2D eigenvalue weighted by Gasteiger charge is 2.61. The molecule has 7 aromatic rings. The van der Waals surface area contributed by atoms with E-state index >= 15 is 0 Å². The van der Waals surface area contributed by atoms with Crippen LogP contribution in [0.1, 0.15) is 174 Å². The molecule has 0 radical (unpaired) electrons. The first kappa shape index (κ1) is 48.0. The molecule has 7 aromatic carbocycles. The molecule has 3 aliphatic heterocycles. The monoisotopic (exact) mass is 960 g/mol. The van der Waals surface area contributed by atoms with E-state index in [2.05, 4.69) is 257 Å². The number of para-hydroxylation sites is 2. The van der Waals surface area contributed by atoms with Gasteiger partial charge in [-0.25, -0.2) is 0 Å². The highest BCUT2D eigenvalue weighted by molar-refractivity contribution is 7.00. The molecule has 1 fully saturated rings. The van der Waals surface area contributed by atoms with Crippen LogP contribution in [0.5, 0.6) is 0 Å². The van der Waals surface area contributed by atoms with Crippen LogP contribution in [0.4, 0.5) is 45.5 Å². The van der Waals surface area contributed by atoms with Crippen molar-refractivity contribution >= 4 is 68.6 Å². The Morgan fingerprint density at radius 1 is 0.397 bits per heavy atom. The summed E-state index contributed by atoms with van der Waals surface area (Å²) in [5.74, 6) is 0. The van der Waals surface area contributed by atoms with Crippen molar-refractivity contribution in [3.8, 4) is 0 Å². The Kier molecular flexibility index (Phi) is 10.5. The van der Waals surface area contributed by atoms with Crippen molar-refractivity contribution in [2.75, 3.05) is 14.7 Å². The summed E-state index contributed by atoms with van der Waals surface area (Å²) in [4.78, 5) is 8.16. The Bertz CT molecular complexity index is 3320. The molecule has 73 heavy (non-hydrogen) atoms.